The highest BCUT2D eigenvalue weighted by Crippen LogP contribution is 2.19. The first-order chi connectivity index (χ1) is 8.67. The highest BCUT2D eigenvalue weighted by molar-refractivity contribution is 7.11. The highest BCUT2D eigenvalue weighted by Gasteiger charge is 2.06. The fourth-order valence-electron chi connectivity index (χ4n) is 1.84. The third-order valence-corrected chi connectivity index (χ3v) is 3.68. The van der Waals surface area contributed by atoms with Gasteiger partial charge in [-0.05, 0) is 32.0 Å². The van der Waals surface area contributed by atoms with E-state index in [1.165, 1.54) is 9.75 Å². The smallest absolute Gasteiger partial charge is 0.214 e. The summed E-state index contributed by atoms with van der Waals surface area (Å²) in [5, 5.41) is 3.46. The Morgan fingerprint density at radius 3 is 2.89 bits per heavy atom. The summed E-state index contributed by atoms with van der Waals surface area (Å²) in [5.41, 5.74) is 1.04. The third-order valence-electron chi connectivity index (χ3n) is 2.66. The van der Waals surface area contributed by atoms with Crippen molar-refractivity contribution >= 4 is 17.0 Å². The Labute approximate surface area is 112 Å². The zero-order valence-corrected chi connectivity index (χ0v) is 11.8. The third kappa shape index (κ3) is 3.47. The van der Waals surface area contributed by atoms with E-state index in [0.29, 0.717) is 11.9 Å². The number of methoxy groups -OCH3 is 1. The number of ether oxygens (including phenoxy) is 1. The van der Waals surface area contributed by atoms with Gasteiger partial charge in [-0.2, -0.15) is 0 Å². The molecule has 0 saturated carbocycles. The summed E-state index contributed by atoms with van der Waals surface area (Å²) >= 11 is 1.86. The van der Waals surface area contributed by atoms with Crippen LogP contribution in [-0.2, 0) is 6.42 Å². The number of hydrogen-bond donors (Lipinski definition) is 1. The van der Waals surface area contributed by atoms with E-state index in [1.54, 1.807) is 13.3 Å². The lowest BCUT2D eigenvalue weighted by Gasteiger charge is -2.14. The van der Waals surface area contributed by atoms with Crippen molar-refractivity contribution in [2.45, 2.75) is 26.3 Å². The first-order valence-electron chi connectivity index (χ1n) is 5.99. The molecule has 2 aromatic rings. The Hall–Kier alpha value is -1.55. The first-order valence-corrected chi connectivity index (χ1v) is 6.81. The lowest BCUT2D eigenvalue weighted by atomic mass is 10.2. The van der Waals surface area contributed by atoms with Gasteiger partial charge in [0.2, 0.25) is 5.88 Å². The number of nitrogens with zero attached hydrogens (tertiary/aromatic N) is 1. The normalized spacial score (nSPS) is 12.2. The van der Waals surface area contributed by atoms with Crippen LogP contribution in [0.15, 0.2) is 30.5 Å². The minimum Gasteiger partial charge on any atom is -0.481 e. The fourth-order valence-corrected chi connectivity index (χ4v) is 2.86. The van der Waals surface area contributed by atoms with Crippen molar-refractivity contribution < 1.29 is 4.74 Å². The topological polar surface area (TPSA) is 34.1 Å². The van der Waals surface area contributed by atoms with Gasteiger partial charge in [0.1, 0.15) is 0 Å². The van der Waals surface area contributed by atoms with Crippen molar-refractivity contribution in [2.75, 3.05) is 12.4 Å². The average Bonchev–Trinajstić information content (AvgIpc) is 2.74. The van der Waals surface area contributed by atoms with Gasteiger partial charge < -0.3 is 10.1 Å². The van der Waals surface area contributed by atoms with Crippen LogP contribution in [0.2, 0.25) is 0 Å². The fraction of sp³-hybridized carbons (Fsp3) is 0.357. The molecule has 0 fully saturated rings. The Morgan fingerprint density at radius 2 is 2.22 bits per heavy atom. The van der Waals surface area contributed by atoms with Gasteiger partial charge >= 0.3 is 0 Å². The number of nitrogens with one attached hydrogen (secondary N) is 1. The van der Waals surface area contributed by atoms with Crippen LogP contribution in [0, 0.1) is 6.92 Å². The van der Waals surface area contributed by atoms with Gasteiger partial charge in [-0.25, -0.2) is 4.98 Å². The minimum atomic E-state index is 0.384. The molecule has 3 nitrogen and oxygen atoms in total. The lowest BCUT2D eigenvalue weighted by Crippen LogP contribution is -2.17. The van der Waals surface area contributed by atoms with Gasteiger partial charge in [-0.3, -0.25) is 0 Å². The number of thiophene rings is 1. The Bertz CT molecular complexity index is 510. The minimum absolute atomic E-state index is 0.384. The second-order valence-electron chi connectivity index (χ2n) is 4.35. The summed E-state index contributed by atoms with van der Waals surface area (Å²) in [7, 11) is 1.63. The van der Waals surface area contributed by atoms with Gasteiger partial charge in [-0.1, -0.05) is 0 Å². The van der Waals surface area contributed by atoms with E-state index in [4.69, 9.17) is 4.74 Å². The van der Waals surface area contributed by atoms with Gasteiger partial charge in [0.25, 0.3) is 0 Å². The maximum Gasteiger partial charge on any atom is 0.214 e. The molecule has 1 N–H and O–H groups in total. The highest BCUT2D eigenvalue weighted by atomic mass is 32.1. The molecule has 18 heavy (non-hydrogen) atoms. The molecule has 0 aromatic carbocycles. The molecule has 1 atom stereocenters. The van der Waals surface area contributed by atoms with E-state index in [0.717, 1.165) is 12.1 Å². The van der Waals surface area contributed by atoms with Crippen LogP contribution in [-0.4, -0.2) is 18.1 Å². The molecule has 2 aromatic heterocycles. The van der Waals surface area contributed by atoms with Crippen LogP contribution in [0.1, 0.15) is 16.7 Å². The molecular formula is C14H18N2OS. The van der Waals surface area contributed by atoms with Gasteiger partial charge in [0.15, 0.2) is 0 Å². The van der Waals surface area contributed by atoms with E-state index >= 15 is 0 Å². The van der Waals surface area contributed by atoms with Crippen LogP contribution < -0.4 is 10.1 Å². The van der Waals surface area contributed by atoms with E-state index in [2.05, 4.69) is 36.3 Å². The number of aryl methyl sites for hydroxylation is 1. The van der Waals surface area contributed by atoms with Crippen LogP contribution in [0.5, 0.6) is 5.88 Å². The van der Waals surface area contributed by atoms with E-state index < -0.39 is 0 Å². The molecule has 0 bridgehead atoms. The molecular weight excluding hydrogens is 244 g/mol. The molecule has 0 aliphatic carbocycles. The van der Waals surface area contributed by atoms with Crippen LogP contribution in [0.4, 0.5) is 5.69 Å². The van der Waals surface area contributed by atoms with Crippen LogP contribution in [0.25, 0.3) is 0 Å². The molecule has 0 spiro atoms. The Balaban J connectivity index is 1.96. The number of anilines is 1. The van der Waals surface area contributed by atoms with Crippen LogP contribution >= 0.6 is 11.3 Å². The van der Waals surface area contributed by atoms with Crippen molar-refractivity contribution in [3.8, 4) is 5.88 Å². The largest absolute Gasteiger partial charge is 0.481 e. The zero-order chi connectivity index (χ0) is 13.0. The monoisotopic (exact) mass is 262 g/mol. The predicted octanol–water partition coefficient (Wildman–Crippen LogP) is 3.50. The zero-order valence-electron chi connectivity index (χ0n) is 10.9. The Kier molecular flexibility index (Phi) is 4.20. The van der Waals surface area contributed by atoms with Crippen molar-refractivity contribution in [1.29, 1.82) is 0 Å². The van der Waals surface area contributed by atoms with Crippen molar-refractivity contribution in [3.05, 3.63) is 40.2 Å². The molecule has 96 valence electrons. The van der Waals surface area contributed by atoms with Crippen molar-refractivity contribution in [3.63, 3.8) is 0 Å². The average molecular weight is 262 g/mol. The number of hydrogen-bond acceptors (Lipinski definition) is 4. The van der Waals surface area contributed by atoms with Crippen molar-refractivity contribution in [2.24, 2.45) is 0 Å². The quantitative estimate of drug-likeness (QED) is 0.895. The summed E-state index contributed by atoms with van der Waals surface area (Å²) < 4.78 is 5.11. The number of aromatic nitrogens is 1. The molecule has 0 saturated heterocycles. The molecule has 0 radical (unpaired) electrons. The van der Waals surface area contributed by atoms with Gasteiger partial charge in [0, 0.05) is 40.2 Å². The molecule has 4 heteroatoms. The van der Waals surface area contributed by atoms with Crippen molar-refractivity contribution in [1.82, 2.24) is 4.98 Å². The lowest BCUT2D eigenvalue weighted by molar-refractivity contribution is 0.398. The maximum atomic E-state index is 5.11. The standard InChI is InChI=1S/C14H18N2OS/c1-10(8-13-5-4-11(2)18-13)16-12-6-7-15-14(9-12)17-3/h4-7,9-10H,8H2,1-3H3,(H,15,16). The predicted molar refractivity (Wildman–Crippen MR) is 76.6 cm³/mol. The summed E-state index contributed by atoms with van der Waals surface area (Å²) in [6.07, 6.45) is 2.78. The first kappa shape index (κ1) is 12.9. The Morgan fingerprint density at radius 1 is 1.39 bits per heavy atom. The van der Waals surface area contributed by atoms with E-state index in [9.17, 15) is 0 Å². The van der Waals surface area contributed by atoms with Gasteiger partial charge in [-0.15, -0.1) is 11.3 Å². The molecule has 0 amide bonds. The summed E-state index contributed by atoms with van der Waals surface area (Å²) in [6.45, 7) is 4.32. The number of rotatable bonds is 5. The second-order valence-corrected chi connectivity index (χ2v) is 5.72. The van der Waals surface area contributed by atoms with E-state index in [1.807, 2.05) is 23.5 Å². The van der Waals surface area contributed by atoms with E-state index in [-0.39, 0.29) is 0 Å². The molecule has 2 rings (SSSR count). The SMILES string of the molecule is COc1cc(NC(C)Cc2ccc(C)s2)ccn1. The molecule has 0 aliphatic rings. The summed E-state index contributed by atoms with van der Waals surface area (Å²) in [4.78, 5) is 6.87. The molecule has 1 unspecified atom stereocenters. The number of pyridine rings is 1. The van der Waals surface area contributed by atoms with Gasteiger partial charge in [0.05, 0.1) is 7.11 Å². The molecule has 0 aliphatic heterocycles. The second kappa shape index (κ2) is 5.87. The molecule has 2 heterocycles. The summed E-state index contributed by atoms with van der Waals surface area (Å²) in [6, 6.07) is 8.62. The summed E-state index contributed by atoms with van der Waals surface area (Å²) in [5.74, 6) is 0.638. The van der Waals surface area contributed by atoms with Crippen LogP contribution in [0.3, 0.4) is 0 Å². The maximum absolute atomic E-state index is 5.11.